The minimum atomic E-state index is -1.31. The van der Waals surface area contributed by atoms with Crippen molar-refractivity contribution in [2.45, 2.75) is 40.2 Å². The first kappa shape index (κ1) is 31.5. The molecule has 3 aromatic carbocycles. The van der Waals surface area contributed by atoms with Crippen LogP contribution < -0.4 is 15.1 Å². The molecular formula is C32H29N6O10+. The number of para-hydroxylation sites is 1. The summed E-state index contributed by atoms with van der Waals surface area (Å²) in [6, 6.07) is 20.5. The molecule has 48 heavy (non-hydrogen) atoms. The van der Waals surface area contributed by atoms with Crippen molar-refractivity contribution in [2.75, 3.05) is 6.61 Å². The van der Waals surface area contributed by atoms with Crippen LogP contribution in [0, 0.1) is 11.8 Å². The van der Waals surface area contributed by atoms with E-state index >= 15 is 0 Å². The normalized spacial score (nSPS) is 11.7. The fraction of sp³-hybridized carbons (Fsp3) is 0.219. The molecule has 3 heterocycles. The molecule has 3 aromatic heterocycles. The Morgan fingerprint density at radius 3 is 2.48 bits per heavy atom. The fourth-order valence-corrected chi connectivity index (χ4v) is 5.00. The Kier molecular flexibility index (Phi) is 8.87. The van der Waals surface area contributed by atoms with Crippen LogP contribution in [0.15, 0.2) is 80.7 Å². The van der Waals surface area contributed by atoms with Crippen LogP contribution in [-0.2, 0) is 27.4 Å². The summed E-state index contributed by atoms with van der Waals surface area (Å²) in [4.78, 5) is 55.7. The van der Waals surface area contributed by atoms with E-state index in [9.17, 15) is 19.3 Å². The van der Waals surface area contributed by atoms with Crippen molar-refractivity contribution in [1.82, 2.24) is 24.8 Å². The number of imidazole rings is 1. The lowest BCUT2D eigenvalue weighted by atomic mass is 9.98. The van der Waals surface area contributed by atoms with E-state index in [2.05, 4.69) is 24.9 Å². The van der Waals surface area contributed by atoms with Gasteiger partial charge in [0.2, 0.25) is 17.7 Å². The lowest BCUT2D eigenvalue weighted by molar-refractivity contribution is -0.718. The number of carbonyl (C=O) groups excluding carboxylic acids is 2. The molecule has 246 valence electrons. The fourth-order valence-electron chi connectivity index (χ4n) is 5.00. The van der Waals surface area contributed by atoms with Crippen molar-refractivity contribution in [2.24, 2.45) is 0 Å². The lowest BCUT2D eigenvalue weighted by Crippen LogP contribution is -2.23. The van der Waals surface area contributed by atoms with Crippen molar-refractivity contribution in [3.8, 4) is 28.5 Å². The lowest BCUT2D eigenvalue weighted by Gasteiger charge is -2.15. The van der Waals surface area contributed by atoms with E-state index in [4.69, 9.17) is 23.5 Å². The highest BCUT2D eigenvalue weighted by Gasteiger charge is 2.24. The summed E-state index contributed by atoms with van der Waals surface area (Å²) < 4.78 is 32.6. The van der Waals surface area contributed by atoms with Gasteiger partial charge in [-0.2, -0.15) is 4.98 Å². The molecule has 0 saturated heterocycles. The number of nitrogens with one attached hydrogen (secondary N) is 2. The molecule has 16 nitrogen and oxygen atoms in total. The number of esters is 1. The molecule has 1 atom stereocenters. The van der Waals surface area contributed by atoms with Crippen molar-refractivity contribution in [1.29, 1.82) is 0 Å². The van der Waals surface area contributed by atoms with E-state index < -0.39 is 24.2 Å². The van der Waals surface area contributed by atoms with Gasteiger partial charge in [0.05, 0.1) is 29.7 Å². The summed E-state index contributed by atoms with van der Waals surface area (Å²) in [7, 11) is 0. The minimum absolute atomic E-state index is 0.172. The van der Waals surface area contributed by atoms with Crippen molar-refractivity contribution in [3.05, 3.63) is 105 Å². The molecular weight excluding hydrogens is 628 g/mol. The molecule has 0 bridgehead atoms. The predicted molar refractivity (Wildman–Crippen MR) is 165 cm³/mol. The second-order valence-electron chi connectivity index (χ2n) is 10.4. The summed E-state index contributed by atoms with van der Waals surface area (Å²) in [6.07, 6.45) is -2.43. The maximum absolute atomic E-state index is 13.4. The number of aromatic amines is 2. The van der Waals surface area contributed by atoms with Crippen LogP contribution in [-0.4, -0.2) is 49.9 Å². The third-order valence-electron chi connectivity index (χ3n) is 7.29. The number of ether oxygens (including phenoxy) is 4. The van der Waals surface area contributed by atoms with Crippen LogP contribution in [0.1, 0.15) is 41.2 Å². The minimum Gasteiger partial charge on any atom is -0.465 e. The summed E-state index contributed by atoms with van der Waals surface area (Å²) in [6.45, 7) is 4.98. The first-order valence-corrected chi connectivity index (χ1v) is 14.7. The molecule has 16 heteroatoms. The average molecular weight is 658 g/mol. The number of hydrogen-bond donors (Lipinski definition) is 2. The van der Waals surface area contributed by atoms with Crippen LogP contribution in [0.25, 0.3) is 33.5 Å². The van der Waals surface area contributed by atoms with Crippen molar-refractivity contribution >= 4 is 23.2 Å². The monoisotopic (exact) mass is 657 g/mol. The number of H-pyrrole nitrogens is 2. The maximum atomic E-state index is 13.4. The Hall–Kier alpha value is -6.45. The topological polar surface area (TPSA) is 200 Å². The van der Waals surface area contributed by atoms with E-state index in [1.165, 1.54) is 13.8 Å². The van der Waals surface area contributed by atoms with E-state index in [1.807, 2.05) is 55.5 Å². The maximum Gasteiger partial charge on any atom is 0.511 e. The van der Waals surface area contributed by atoms with Gasteiger partial charge in [-0.25, -0.2) is 14.4 Å². The van der Waals surface area contributed by atoms with Gasteiger partial charge in [-0.1, -0.05) is 69.5 Å². The molecule has 0 saturated carbocycles. The number of rotatable bonds is 11. The number of hydrogen-bond acceptors (Lipinski definition) is 12. The molecule has 0 aliphatic rings. The summed E-state index contributed by atoms with van der Waals surface area (Å²) >= 11 is 0. The van der Waals surface area contributed by atoms with Crippen molar-refractivity contribution < 1.29 is 42.3 Å². The molecule has 0 fully saturated rings. The smallest absolute Gasteiger partial charge is 0.465 e. The molecule has 6 rings (SSSR count). The standard InChI is InChI=1S/C32H28N6O10/c1-4-43-30-33-25-11-7-10-24(29(39)45-19(3)46-32(41)44-17-26-18(2)38(42)48-35-26)27(25)37(30)16-20-12-14-21(15-13-20)22-8-5-6-9-23(22)28-34-31(40)47-36-28/h5-15,19H,4,16-17H2,1-3H3,(H-,34,35,36,40,42)/p+1. The summed E-state index contributed by atoms with van der Waals surface area (Å²) in [5.41, 5.74) is 4.84. The molecule has 0 spiro atoms. The molecule has 0 radical (unpaired) electrons. The van der Waals surface area contributed by atoms with Gasteiger partial charge in [0.25, 0.3) is 6.01 Å². The largest absolute Gasteiger partial charge is 0.511 e. The molecule has 6 aromatic rings. The van der Waals surface area contributed by atoms with E-state index in [0.29, 0.717) is 41.6 Å². The Labute approximate surface area is 270 Å². The zero-order valence-electron chi connectivity index (χ0n) is 25.9. The SMILES string of the molecule is CCOc1nc2cccc(C(=O)OC(C)OC(=O)OCc3[nH]o[n+](=O)c3C)c2n1Cc1ccc(-c2ccccc2-c2noc(=O)[nH]2)cc1. The van der Waals surface area contributed by atoms with Crippen LogP contribution in [0.4, 0.5) is 4.79 Å². The van der Waals surface area contributed by atoms with Gasteiger partial charge in [-0.15, -0.1) is 0 Å². The summed E-state index contributed by atoms with van der Waals surface area (Å²) in [5, 5.41) is 6.15. The van der Waals surface area contributed by atoms with Crippen LogP contribution in [0.2, 0.25) is 0 Å². The second kappa shape index (κ2) is 13.5. The highest BCUT2D eigenvalue weighted by atomic mass is 16.8. The number of fused-ring (bicyclic) bond motifs is 1. The van der Waals surface area contributed by atoms with Gasteiger partial charge in [0.1, 0.15) is 0 Å². The Morgan fingerprint density at radius 1 is 1.02 bits per heavy atom. The van der Waals surface area contributed by atoms with Gasteiger partial charge in [0.15, 0.2) is 17.0 Å². The highest BCUT2D eigenvalue weighted by Crippen LogP contribution is 2.31. The first-order chi connectivity index (χ1) is 23.2. The van der Waals surface area contributed by atoms with Gasteiger partial charge < -0.3 is 18.9 Å². The van der Waals surface area contributed by atoms with Gasteiger partial charge in [0, 0.05) is 19.4 Å². The van der Waals surface area contributed by atoms with E-state index in [0.717, 1.165) is 16.7 Å². The average Bonchev–Trinajstić information content (AvgIpc) is 3.77. The van der Waals surface area contributed by atoms with Gasteiger partial charge in [-0.05, 0) is 40.7 Å². The zero-order valence-corrected chi connectivity index (χ0v) is 25.9. The predicted octanol–water partition coefficient (Wildman–Crippen LogP) is 4.49. The molecule has 0 amide bonds. The van der Waals surface area contributed by atoms with E-state index in [1.54, 1.807) is 22.8 Å². The number of nitrogens with zero attached hydrogens (tertiary/aromatic N) is 4. The summed E-state index contributed by atoms with van der Waals surface area (Å²) in [5.74, 6) is -1.09. The van der Waals surface area contributed by atoms with E-state index in [-0.39, 0.29) is 28.2 Å². The third-order valence-corrected chi connectivity index (χ3v) is 7.29. The van der Waals surface area contributed by atoms with Crippen LogP contribution >= 0.6 is 0 Å². The quantitative estimate of drug-likeness (QED) is 0.146. The third kappa shape index (κ3) is 6.57. The number of carbonyl (C=O) groups is 2. The van der Waals surface area contributed by atoms with Crippen LogP contribution in [0.5, 0.6) is 6.01 Å². The Bertz CT molecular complexity index is 2210. The van der Waals surface area contributed by atoms with Crippen LogP contribution in [0.3, 0.4) is 0 Å². The Balaban J connectivity index is 1.21. The zero-order chi connectivity index (χ0) is 33.8. The molecule has 1 unspecified atom stereocenters. The van der Waals surface area contributed by atoms with Gasteiger partial charge in [-0.3, -0.25) is 14.1 Å². The molecule has 0 aliphatic carbocycles. The number of benzene rings is 3. The number of aromatic nitrogens is 6. The van der Waals surface area contributed by atoms with Gasteiger partial charge >= 0.3 is 17.9 Å². The second-order valence-corrected chi connectivity index (χ2v) is 10.4. The Morgan fingerprint density at radius 2 is 1.79 bits per heavy atom. The highest BCUT2D eigenvalue weighted by molar-refractivity contribution is 6.02. The molecule has 2 N–H and O–H groups in total. The van der Waals surface area contributed by atoms with Crippen molar-refractivity contribution in [3.63, 3.8) is 0 Å². The molecule has 0 aliphatic heterocycles. The first-order valence-electron chi connectivity index (χ1n) is 14.7.